The van der Waals surface area contributed by atoms with E-state index in [1.165, 1.54) is 11.8 Å². The SMILES string of the molecule is Cn1cnnc1SCCC(=O)ONN. The van der Waals surface area contributed by atoms with Gasteiger partial charge in [-0.25, -0.2) is 5.84 Å². The summed E-state index contributed by atoms with van der Waals surface area (Å²) in [6.07, 6.45) is 1.86. The summed E-state index contributed by atoms with van der Waals surface area (Å²) in [5.41, 5.74) is 1.83. The van der Waals surface area contributed by atoms with E-state index in [4.69, 9.17) is 5.84 Å². The van der Waals surface area contributed by atoms with Crippen LogP contribution in [0.1, 0.15) is 6.42 Å². The number of thioether (sulfide) groups is 1. The number of aromatic nitrogens is 3. The highest BCUT2D eigenvalue weighted by atomic mass is 32.2. The molecule has 0 aliphatic heterocycles. The van der Waals surface area contributed by atoms with E-state index in [9.17, 15) is 4.79 Å². The maximum atomic E-state index is 10.8. The fourth-order valence-electron chi connectivity index (χ4n) is 0.746. The van der Waals surface area contributed by atoms with E-state index in [1.54, 1.807) is 10.9 Å². The Bertz CT molecular complexity index is 302. The molecular weight excluding hydrogens is 206 g/mol. The maximum absolute atomic E-state index is 10.8. The lowest BCUT2D eigenvalue weighted by Crippen LogP contribution is -2.26. The van der Waals surface area contributed by atoms with E-state index in [2.05, 4.69) is 15.0 Å². The number of rotatable bonds is 5. The van der Waals surface area contributed by atoms with Crippen LogP contribution >= 0.6 is 11.8 Å². The standard InChI is InChI=1S/C6H11N5O2S/c1-11-4-8-9-6(11)14-3-2-5(12)13-10-7/h4,10H,2-3,7H2,1H3. The van der Waals surface area contributed by atoms with Gasteiger partial charge in [0.05, 0.1) is 6.42 Å². The number of nitrogens with one attached hydrogen (secondary N) is 1. The van der Waals surface area contributed by atoms with E-state index in [0.29, 0.717) is 5.75 Å². The summed E-state index contributed by atoms with van der Waals surface area (Å²) in [6.45, 7) is 0. The van der Waals surface area contributed by atoms with Crippen molar-refractivity contribution in [3.8, 4) is 0 Å². The van der Waals surface area contributed by atoms with Crippen molar-refractivity contribution in [1.82, 2.24) is 20.4 Å². The highest BCUT2D eigenvalue weighted by Gasteiger charge is 2.05. The highest BCUT2D eigenvalue weighted by Crippen LogP contribution is 2.14. The molecule has 3 N–H and O–H groups in total. The molecule has 0 aromatic carbocycles. The summed E-state index contributed by atoms with van der Waals surface area (Å²) in [7, 11) is 1.84. The van der Waals surface area contributed by atoms with Crippen LogP contribution in [0.15, 0.2) is 11.5 Å². The predicted octanol–water partition coefficient (Wildman–Crippen LogP) is -0.781. The van der Waals surface area contributed by atoms with Gasteiger partial charge in [0, 0.05) is 12.8 Å². The molecule has 0 saturated carbocycles. The molecule has 1 aromatic heterocycles. The van der Waals surface area contributed by atoms with Crippen LogP contribution in [0.4, 0.5) is 0 Å². The van der Waals surface area contributed by atoms with Crippen molar-refractivity contribution < 1.29 is 9.63 Å². The number of hydrogen-bond donors (Lipinski definition) is 2. The molecule has 0 aliphatic rings. The summed E-state index contributed by atoms with van der Waals surface area (Å²) in [5.74, 6) is 4.97. The molecule has 7 nitrogen and oxygen atoms in total. The van der Waals surface area contributed by atoms with Crippen molar-refractivity contribution >= 4 is 17.7 Å². The molecule has 0 spiro atoms. The average molecular weight is 217 g/mol. The Hall–Kier alpha value is -1.12. The van der Waals surface area contributed by atoms with Crippen molar-refractivity contribution in [2.24, 2.45) is 12.9 Å². The highest BCUT2D eigenvalue weighted by molar-refractivity contribution is 7.99. The minimum absolute atomic E-state index is 0.266. The number of carbonyl (C=O) groups excluding carboxylic acids is 1. The average Bonchev–Trinajstić information content (AvgIpc) is 2.52. The second kappa shape index (κ2) is 5.58. The number of nitrogens with zero attached hydrogens (tertiary/aromatic N) is 3. The van der Waals surface area contributed by atoms with Gasteiger partial charge in [-0.15, -0.1) is 10.2 Å². The topological polar surface area (TPSA) is 95.1 Å². The zero-order valence-corrected chi connectivity index (χ0v) is 8.45. The fourth-order valence-corrected chi connectivity index (χ4v) is 1.55. The Balaban J connectivity index is 2.22. The predicted molar refractivity (Wildman–Crippen MR) is 49.8 cm³/mol. The second-order valence-corrected chi connectivity index (χ2v) is 3.48. The van der Waals surface area contributed by atoms with Crippen molar-refractivity contribution in [3.63, 3.8) is 0 Å². The molecule has 8 heteroatoms. The van der Waals surface area contributed by atoms with Gasteiger partial charge in [-0.05, 0) is 0 Å². The summed E-state index contributed by atoms with van der Waals surface area (Å²) in [4.78, 5) is 15.2. The molecule has 0 amide bonds. The summed E-state index contributed by atoms with van der Waals surface area (Å²) < 4.78 is 1.77. The van der Waals surface area contributed by atoms with Crippen LogP contribution in [0.2, 0.25) is 0 Å². The van der Waals surface area contributed by atoms with Gasteiger partial charge in [-0.1, -0.05) is 17.4 Å². The van der Waals surface area contributed by atoms with Crippen LogP contribution in [-0.4, -0.2) is 26.5 Å². The molecule has 1 aromatic rings. The van der Waals surface area contributed by atoms with Gasteiger partial charge in [0.15, 0.2) is 5.16 Å². The molecule has 0 radical (unpaired) electrons. The molecule has 0 atom stereocenters. The lowest BCUT2D eigenvalue weighted by atomic mass is 10.5. The molecule has 14 heavy (non-hydrogen) atoms. The van der Waals surface area contributed by atoms with Crippen molar-refractivity contribution in [2.45, 2.75) is 11.6 Å². The smallest absolute Gasteiger partial charge is 0.327 e. The van der Waals surface area contributed by atoms with Crippen LogP contribution in [0.25, 0.3) is 0 Å². The van der Waals surface area contributed by atoms with Gasteiger partial charge >= 0.3 is 5.97 Å². The third-order valence-corrected chi connectivity index (χ3v) is 2.42. The van der Waals surface area contributed by atoms with Gasteiger partial charge in [-0.2, -0.15) is 0 Å². The first-order chi connectivity index (χ1) is 6.74. The molecule has 1 heterocycles. The molecule has 0 bridgehead atoms. The monoisotopic (exact) mass is 217 g/mol. The summed E-state index contributed by atoms with van der Waals surface area (Å²) in [5, 5.41) is 8.30. The molecule has 0 fully saturated rings. The lowest BCUT2D eigenvalue weighted by molar-refractivity contribution is -0.150. The van der Waals surface area contributed by atoms with Gasteiger partial charge in [-0.3, -0.25) is 4.79 Å². The fraction of sp³-hybridized carbons (Fsp3) is 0.500. The van der Waals surface area contributed by atoms with E-state index in [1.807, 2.05) is 12.6 Å². The van der Waals surface area contributed by atoms with Crippen molar-refractivity contribution in [3.05, 3.63) is 6.33 Å². The van der Waals surface area contributed by atoms with Gasteiger partial charge in [0.1, 0.15) is 6.33 Å². The molecule has 78 valence electrons. The minimum atomic E-state index is -0.401. The number of hydrogen-bond acceptors (Lipinski definition) is 7. The number of hydrazine groups is 1. The molecular formula is C6H11N5O2S. The first-order valence-electron chi connectivity index (χ1n) is 3.86. The quantitative estimate of drug-likeness (QED) is 0.379. The Labute approximate surface area is 84.9 Å². The van der Waals surface area contributed by atoms with Gasteiger partial charge in [0.2, 0.25) is 0 Å². The Kier molecular flexibility index (Phi) is 4.36. The lowest BCUT2D eigenvalue weighted by Gasteiger charge is -2.00. The van der Waals surface area contributed by atoms with Gasteiger partial charge < -0.3 is 9.40 Å². The summed E-state index contributed by atoms with van der Waals surface area (Å²) in [6, 6.07) is 0. The van der Waals surface area contributed by atoms with Crippen molar-refractivity contribution in [2.75, 3.05) is 5.75 Å². The third-order valence-electron chi connectivity index (χ3n) is 1.38. The Morgan fingerprint density at radius 1 is 1.86 bits per heavy atom. The van der Waals surface area contributed by atoms with Crippen molar-refractivity contribution in [1.29, 1.82) is 0 Å². The number of nitrogens with two attached hydrogens (primary N) is 1. The first-order valence-corrected chi connectivity index (χ1v) is 4.84. The molecule has 0 saturated heterocycles. The first kappa shape index (κ1) is 11.0. The third kappa shape index (κ3) is 3.32. The minimum Gasteiger partial charge on any atom is -0.356 e. The van der Waals surface area contributed by atoms with E-state index < -0.39 is 5.97 Å². The zero-order chi connectivity index (χ0) is 10.4. The van der Waals surface area contributed by atoms with Gasteiger partial charge in [0.25, 0.3) is 0 Å². The Morgan fingerprint density at radius 3 is 3.21 bits per heavy atom. The van der Waals surface area contributed by atoms with Crippen LogP contribution in [0, 0.1) is 0 Å². The largest absolute Gasteiger partial charge is 0.356 e. The van der Waals surface area contributed by atoms with Crippen LogP contribution in [0.5, 0.6) is 0 Å². The normalized spacial score (nSPS) is 10.1. The second-order valence-electron chi connectivity index (χ2n) is 2.41. The van der Waals surface area contributed by atoms with E-state index in [-0.39, 0.29) is 6.42 Å². The number of carbonyl (C=O) groups is 1. The number of aryl methyl sites for hydroxylation is 1. The van der Waals surface area contributed by atoms with E-state index in [0.717, 1.165) is 5.16 Å². The van der Waals surface area contributed by atoms with Crippen LogP contribution in [0.3, 0.4) is 0 Å². The van der Waals surface area contributed by atoms with E-state index >= 15 is 0 Å². The molecule has 0 aliphatic carbocycles. The maximum Gasteiger partial charge on any atom is 0.327 e. The van der Waals surface area contributed by atoms with Crippen LogP contribution < -0.4 is 11.4 Å². The Morgan fingerprint density at radius 2 is 2.64 bits per heavy atom. The zero-order valence-electron chi connectivity index (χ0n) is 7.64. The molecule has 1 rings (SSSR count). The van der Waals surface area contributed by atoms with Crippen LogP contribution in [-0.2, 0) is 16.7 Å². The summed E-state index contributed by atoms with van der Waals surface area (Å²) >= 11 is 1.43. The molecule has 0 unspecified atom stereocenters.